The third kappa shape index (κ3) is 8.40. The number of halogens is 4. The van der Waals surface area contributed by atoms with Gasteiger partial charge in [-0.3, -0.25) is 9.89 Å². The molecule has 0 radical (unpaired) electrons. The molecule has 1 rings (SSSR count). The van der Waals surface area contributed by atoms with Gasteiger partial charge in [-0.25, -0.2) is 0 Å². The van der Waals surface area contributed by atoms with Crippen molar-refractivity contribution in [1.82, 2.24) is 15.1 Å². The SMILES string of the molecule is CN=C(NCCCN(C)CC(F)(F)F)N(C)Cc1ccc(Cl)cc1. The second kappa shape index (κ2) is 9.74. The zero-order valence-corrected chi connectivity index (χ0v) is 15.0. The Balaban J connectivity index is 2.35. The van der Waals surface area contributed by atoms with Crippen molar-refractivity contribution in [3.8, 4) is 0 Å². The van der Waals surface area contributed by atoms with Gasteiger partial charge in [-0.2, -0.15) is 13.2 Å². The maximum absolute atomic E-state index is 12.2. The number of rotatable bonds is 7. The van der Waals surface area contributed by atoms with E-state index in [4.69, 9.17) is 11.6 Å². The summed E-state index contributed by atoms with van der Waals surface area (Å²) in [7, 11) is 5.05. The summed E-state index contributed by atoms with van der Waals surface area (Å²) in [6, 6.07) is 7.55. The lowest BCUT2D eigenvalue weighted by molar-refractivity contribution is -0.143. The Kier molecular flexibility index (Phi) is 8.35. The Morgan fingerprint density at radius 1 is 1.21 bits per heavy atom. The van der Waals surface area contributed by atoms with Crippen LogP contribution in [0.25, 0.3) is 0 Å². The Labute approximate surface area is 146 Å². The number of alkyl halides is 3. The molecule has 0 aliphatic carbocycles. The third-order valence-electron chi connectivity index (χ3n) is 3.36. The average Bonchev–Trinajstić information content (AvgIpc) is 2.47. The van der Waals surface area contributed by atoms with E-state index in [0.717, 1.165) is 5.56 Å². The van der Waals surface area contributed by atoms with Crippen molar-refractivity contribution in [3.05, 3.63) is 34.9 Å². The molecule has 0 aliphatic rings. The molecule has 0 amide bonds. The fourth-order valence-electron chi connectivity index (χ4n) is 2.26. The molecule has 0 aromatic heterocycles. The Bertz CT molecular complexity index is 517. The predicted molar refractivity (Wildman–Crippen MR) is 92.4 cm³/mol. The molecule has 24 heavy (non-hydrogen) atoms. The van der Waals surface area contributed by atoms with Gasteiger partial charge in [-0.05, 0) is 37.7 Å². The summed E-state index contributed by atoms with van der Waals surface area (Å²) in [6.07, 6.45) is -3.56. The van der Waals surface area contributed by atoms with E-state index in [9.17, 15) is 13.2 Å². The highest BCUT2D eigenvalue weighted by Crippen LogP contribution is 2.15. The molecule has 0 heterocycles. The molecule has 8 heteroatoms. The van der Waals surface area contributed by atoms with Gasteiger partial charge >= 0.3 is 6.18 Å². The minimum atomic E-state index is -4.16. The first-order valence-corrected chi connectivity index (χ1v) is 8.00. The van der Waals surface area contributed by atoms with Crippen LogP contribution in [0.15, 0.2) is 29.3 Å². The van der Waals surface area contributed by atoms with Crippen molar-refractivity contribution < 1.29 is 13.2 Å². The first kappa shape index (κ1) is 20.6. The molecule has 0 fully saturated rings. The Morgan fingerprint density at radius 3 is 2.38 bits per heavy atom. The molecule has 1 aromatic carbocycles. The second-order valence-corrected chi connectivity index (χ2v) is 6.10. The van der Waals surface area contributed by atoms with Crippen LogP contribution < -0.4 is 5.32 Å². The van der Waals surface area contributed by atoms with Crippen LogP contribution in [-0.2, 0) is 6.54 Å². The molecule has 0 unspecified atom stereocenters. The zero-order chi connectivity index (χ0) is 18.2. The number of nitrogens with one attached hydrogen (secondary N) is 1. The van der Waals surface area contributed by atoms with Gasteiger partial charge in [0.1, 0.15) is 0 Å². The maximum atomic E-state index is 12.2. The largest absolute Gasteiger partial charge is 0.401 e. The smallest absolute Gasteiger partial charge is 0.356 e. The van der Waals surface area contributed by atoms with E-state index in [-0.39, 0.29) is 0 Å². The van der Waals surface area contributed by atoms with Crippen LogP contribution in [0, 0.1) is 0 Å². The minimum absolute atomic E-state index is 0.365. The number of benzene rings is 1. The van der Waals surface area contributed by atoms with E-state index >= 15 is 0 Å². The fraction of sp³-hybridized carbons (Fsp3) is 0.562. The molecule has 0 aliphatic heterocycles. The normalized spacial score (nSPS) is 12.6. The van der Waals surface area contributed by atoms with Gasteiger partial charge in [-0.1, -0.05) is 23.7 Å². The quantitative estimate of drug-likeness (QED) is 0.458. The highest BCUT2D eigenvalue weighted by Gasteiger charge is 2.28. The predicted octanol–water partition coefficient (Wildman–Crippen LogP) is 3.23. The summed E-state index contributed by atoms with van der Waals surface area (Å²) in [5, 5.41) is 3.85. The standard InChI is InChI=1S/C16H24ClF3N4/c1-21-15(22-9-4-10-23(2)12-16(18,19)20)24(3)11-13-5-7-14(17)8-6-13/h5-8H,4,9-12H2,1-3H3,(H,21,22). The molecule has 1 N–H and O–H groups in total. The monoisotopic (exact) mass is 364 g/mol. The zero-order valence-electron chi connectivity index (χ0n) is 14.2. The van der Waals surface area contributed by atoms with Crippen LogP contribution in [0.1, 0.15) is 12.0 Å². The van der Waals surface area contributed by atoms with Crippen LogP contribution in [0.2, 0.25) is 5.02 Å². The van der Waals surface area contributed by atoms with Crippen LogP contribution in [0.3, 0.4) is 0 Å². The average molecular weight is 365 g/mol. The van der Waals surface area contributed by atoms with Crippen molar-refractivity contribution in [2.75, 3.05) is 40.8 Å². The van der Waals surface area contributed by atoms with Gasteiger partial charge in [0.15, 0.2) is 5.96 Å². The van der Waals surface area contributed by atoms with Crippen molar-refractivity contribution in [2.45, 2.75) is 19.1 Å². The maximum Gasteiger partial charge on any atom is 0.401 e. The van der Waals surface area contributed by atoms with Crippen molar-refractivity contribution in [3.63, 3.8) is 0 Å². The lowest BCUT2D eigenvalue weighted by Crippen LogP contribution is -2.40. The summed E-state index contributed by atoms with van der Waals surface area (Å²) in [5.74, 6) is 0.698. The third-order valence-corrected chi connectivity index (χ3v) is 3.61. The first-order chi connectivity index (χ1) is 11.2. The lowest BCUT2D eigenvalue weighted by Gasteiger charge is -2.23. The van der Waals surface area contributed by atoms with Crippen LogP contribution >= 0.6 is 11.6 Å². The summed E-state index contributed by atoms with van der Waals surface area (Å²) in [5.41, 5.74) is 1.09. The van der Waals surface area contributed by atoms with Gasteiger partial charge in [0.2, 0.25) is 0 Å². The lowest BCUT2D eigenvalue weighted by atomic mass is 10.2. The van der Waals surface area contributed by atoms with Crippen molar-refractivity contribution >= 4 is 17.6 Å². The van der Waals surface area contributed by atoms with Crippen LogP contribution in [0.5, 0.6) is 0 Å². The van der Waals surface area contributed by atoms with E-state index < -0.39 is 12.7 Å². The van der Waals surface area contributed by atoms with E-state index in [2.05, 4.69) is 10.3 Å². The van der Waals surface area contributed by atoms with Gasteiger partial charge in [-0.15, -0.1) is 0 Å². The van der Waals surface area contributed by atoms with E-state index in [1.54, 1.807) is 7.05 Å². The summed E-state index contributed by atoms with van der Waals surface area (Å²) < 4.78 is 36.7. The summed E-state index contributed by atoms with van der Waals surface area (Å²) >= 11 is 5.86. The highest BCUT2D eigenvalue weighted by atomic mass is 35.5. The van der Waals surface area contributed by atoms with Gasteiger partial charge in [0, 0.05) is 32.2 Å². The molecule has 0 saturated heterocycles. The molecule has 0 bridgehead atoms. The molecular weight excluding hydrogens is 341 g/mol. The summed E-state index contributed by atoms with van der Waals surface area (Å²) in [6.45, 7) is 0.688. The van der Waals surface area contributed by atoms with Gasteiger partial charge < -0.3 is 10.2 Å². The number of hydrogen-bond acceptors (Lipinski definition) is 2. The van der Waals surface area contributed by atoms with Crippen molar-refractivity contribution in [2.24, 2.45) is 4.99 Å². The van der Waals surface area contributed by atoms with E-state index in [1.807, 2.05) is 36.2 Å². The molecule has 136 valence electrons. The molecular formula is C16H24ClF3N4. The van der Waals surface area contributed by atoms with E-state index in [1.165, 1.54) is 11.9 Å². The minimum Gasteiger partial charge on any atom is -0.356 e. The number of nitrogens with zero attached hydrogens (tertiary/aromatic N) is 3. The van der Waals surface area contributed by atoms with Crippen LogP contribution in [-0.4, -0.2) is 62.7 Å². The van der Waals surface area contributed by atoms with Gasteiger partial charge in [0.25, 0.3) is 0 Å². The number of aliphatic imine (C=N–C) groups is 1. The van der Waals surface area contributed by atoms with Crippen LogP contribution in [0.4, 0.5) is 13.2 Å². The topological polar surface area (TPSA) is 30.9 Å². The summed E-state index contributed by atoms with van der Waals surface area (Å²) in [4.78, 5) is 7.40. The first-order valence-electron chi connectivity index (χ1n) is 7.63. The Hall–Kier alpha value is -1.47. The number of hydrogen-bond donors (Lipinski definition) is 1. The fourth-order valence-corrected chi connectivity index (χ4v) is 2.38. The second-order valence-electron chi connectivity index (χ2n) is 5.66. The molecule has 0 spiro atoms. The Morgan fingerprint density at radius 2 is 1.83 bits per heavy atom. The molecule has 1 aromatic rings. The molecule has 4 nitrogen and oxygen atoms in total. The highest BCUT2D eigenvalue weighted by molar-refractivity contribution is 6.30. The van der Waals surface area contributed by atoms with E-state index in [0.29, 0.717) is 37.0 Å². The molecule has 0 atom stereocenters. The van der Waals surface area contributed by atoms with Crippen molar-refractivity contribution in [1.29, 1.82) is 0 Å². The number of guanidine groups is 1. The van der Waals surface area contributed by atoms with Gasteiger partial charge in [0.05, 0.1) is 6.54 Å². The molecule has 0 saturated carbocycles.